The number of hydrogen-bond acceptors (Lipinski definition) is 4. The Hall–Kier alpha value is -1.40. The lowest BCUT2D eigenvalue weighted by Crippen LogP contribution is -2.37. The molecule has 0 radical (unpaired) electrons. The number of likely N-dealkylation sites (tertiary alicyclic amines) is 1. The van der Waals surface area contributed by atoms with Crippen LogP contribution in [0.3, 0.4) is 0 Å². The predicted octanol–water partition coefficient (Wildman–Crippen LogP) is 1.61. The average Bonchev–Trinajstić information content (AvgIpc) is 2.95. The Morgan fingerprint density at radius 1 is 1.48 bits per heavy atom. The van der Waals surface area contributed by atoms with E-state index in [-0.39, 0.29) is 5.91 Å². The van der Waals surface area contributed by atoms with Crippen molar-refractivity contribution >= 4 is 11.7 Å². The molecule has 21 heavy (non-hydrogen) atoms. The molecule has 1 aromatic heterocycles. The van der Waals surface area contributed by atoms with Gasteiger partial charge in [0.15, 0.2) is 0 Å². The maximum Gasteiger partial charge on any atom is 0.242 e. The highest BCUT2D eigenvalue weighted by Gasteiger charge is 2.23. The fraction of sp³-hybridized carbons (Fsp3) is 0.733. The van der Waals surface area contributed by atoms with E-state index in [9.17, 15) is 4.79 Å². The van der Waals surface area contributed by atoms with Crippen LogP contribution in [0.4, 0.5) is 5.82 Å². The first-order valence-electron chi connectivity index (χ1n) is 7.98. The zero-order chi connectivity index (χ0) is 15.2. The zero-order valence-electron chi connectivity index (χ0n) is 13.1. The van der Waals surface area contributed by atoms with Gasteiger partial charge in [0.1, 0.15) is 5.82 Å². The van der Waals surface area contributed by atoms with Crippen LogP contribution in [0.5, 0.6) is 0 Å². The van der Waals surface area contributed by atoms with Gasteiger partial charge in [-0.3, -0.25) is 4.79 Å². The summed E-state index contributed by atoms with van der Waals surface area (Å²) in [5.41, 5.74) is 5.86. The van der Waals surface area contributed by atoms with E-state index in [0.29, 0.717) is 12.5 Å². The second kappa shape index (κ2) is 7.56. The molecular weight excluding hydrogens is 266 g/mol. The number of nitrogens with zero attached hydrogens (tertiary/aromatic N) is 3. The minimum Gasteiger partial charge on any atom is -0.320 e. The van der Waals surface area contributed by atoms with E-state index in [1.165, 1.54) is 0 Å². The van der Waals surface area contributed by atoms with Gasteiger partial charge in [0, 0.05) is 19.2 Å². The first-order valence-corrected chi connectivity index (χ1v) is 7.98. The number of piperidine rings is 1. The van der Waals surface area contributed by atoms with Crippen LogP contribution in [0, 0.1) is 0 Å². The second-order valence-corrected chi connectivity index (χ2v) is 5.71. The van der Waals surface area contributed by atoms with Gasteiger partial charge in [-0.2, -0.15) is 5.10 Å². The maximum absolute atomic E-state index is 12.0. The number of anilines is 1. The summed E-state index contributed by atoms with van der Waals surface area (Å²) in [7, 11) is 0. The van der Waals surface area contributed by atoms with E-state index in [4.69, 9.17) is 5.73 Å². The van der Waals surface area contributed by atoms with Crippen molar-refractivity contribution in [2.75, 3.05) is 25.0 Å². The summed E-state index contributed by atoms with van der Waals surface area (Å²) in [5, 5.41) is 7.31. The number of amides is 1. The van der Waals surface area contributed by atoms with Gasteiger partial charge in [0.05, 0.1) is 18.3 Å². The monoisotopic (exact) mass is 293 g/mol. The molecule has 1 saturated heterocycles. The maximum atomic E-state index is 12.0. The summed E-state index contributed by atoms with van der Waals surface area (Å²) in [6, 6.07) is 1.77. The molecule has 118 valence electrons. The lowest BCUT2D eigenvalue weighted by atomic mass is 10.1. The molecule has 6 heteroatoms. The molecule has 1 aliphatic heterocycles. The van der Waals surface area contributed by atoms with Crippen LogP contribution >= 0.6 is 0 Å². The number of carbonyl (C=O) groups excluding carboxylic acids is 1. The molecule has 1 unspecified atom stereocenters. The SMILES string of the molecule is CCCC(N)C(=O)Nc1ccnn1C1CCN(CC)CC1. The average molecular weight is 293 g/mol. The number of hydrogen-bond donors (Lipinski definition) is 2. The Bertz CT molecular complexity index is 451. The van der Waals surface area contributed by atoms with Crippen molar-refractivity contribution in [3.8, 4) is 0 Å². The third-order valence-corrected chi connectivity index (χ3v) is 4.21. The van der Waals surface area contributed by atoms with E-state index >= 15 is 0 Å². The van der Waals surface area contributed by atoms with E-state index < -0.39 is 6.04 Å². The van der Waals surface area contributed by atoms with Gasteiger partial charge in [-0.1, -0.05) is 20.3 Å². The van der Waals surface area contributed by atoms with Crippen LogP contribution in [0.15, 0.2) is 12.3 Å². The first-order chi connectivity index (χ1) is 10.2. The first kappa shape index (κ1) is 16.0. The molecule has 0 spiro atoms. The molecule has 6 nitrogen and oxygen atoms in total. The van der Waals surface area contributed by atoms with Crippen molar-refractivity contribution in [1.82, 2.24) is 14.7 Å². The predicted molar refractivity (Wildman–Crippen MR) is 84.1 cm³/mol. The summed E-state index contributed by atoms with van der Waals surface area (Å²) in [6.07, 6.45) is 5.49. The van der Waals surface area contributed by atoms with Gasteiger partial charge in [-0.25, -0.2) is 4.68 Å². The third kappa shape index (κ3) is 4.04. The highest BCUT2D eigenvalue weighted by atomic mass is 16.2. The molecule has 1 atom stereocenters. The molecule has 1 aromatic rings. The standard InChI is InChI=1S/C15H27N5O/c1-3-5-13(16)15(21)18-14-6-9-17-20(14)12-7-10-19(4-2)11-8-12/h6,9,12-13H,3-5,7-8,10-11,16H2,1-2H3,(H,18,21). The summed E-state index contributed by atoms with van der Waals surface area (Å²) >= 11 is 0. The van der Waals surface area contributed by atoms with Gasteiger partial charge in [-0.15, -0.1) is 0 Å². The topological polar surface area (TPSA) is 76.2 Å². The lowest BCUT2D eigenvalue weighted by Gasteiger charge is -2.31. The molecule has 0 bridgehead atoms. The van der Waals surface area contributed by atoms with Crippen molar-refractivity contribution < 1.29 is 4.79 Å². The Morgan fingerprint density at radius 2 is 2.19 bits per heavy atom. The summed E-state index contributed by atoms with van der Waals surface area (Å²) in [4.78, 5) is 14.5. The molecular formula is C15H27N5O. The van der Waals surface area contributed by atoms with Crippen molar-refractivity contribution in [2.24, 2.45) is 5.73 Å². The van der Waals surface area contributed by atoms with Gasteiger partial charge in [0.25, 0.3) is 0 Å². The lowest BCUT2D eigenvalue weighted by molar-refractivity contribution is -0.117. The Kier molecular flexibility index (Phi) is 5.76. The largest absolute Gasteiger partial charge is 0.320 e. The van der Waals surface area contributed by atoms with Crippen LogP contribution in [0.2, 0.25) is 0 Å². The highest BCUT2D eigenvalue weighted by molar-refractivity contribution is 5.93. The van der Waals surface area contributed by atoms with E-state index in [1.807, 2.05) is 17.7 Å². The molecule has 1 amide bonds. The normalized spacial score (nSPS) is 18.6. The minimum atomic E-state index is -0.444. The fourth-order valence-electron chi connectivity index (χ4n) is 2.85. The summed E-state index contributed by atoms with van der Waals surface area (Å²) in [5.74, 6) is 0.645. The van der Waals surface area contributed by atoms with Crippen LogP contribution in [0.25, 0.3) is 0 Å². The van der Waals surface area contributed by atoms with E-state index in [2.05, 4.69) is 22.2 Å². The molecule has 2 heterocycles. The molecule has 1 aliphatic rings. The fourth-order valence-corrected chi connectivity index (χ4v) is 2.85. The van der Waals surface area contributed by atoms with Crippen molar-refractivity contribution in [2.45, 2.75) is 51.6 Å². The Balaban J connectivity index is 1.97. The molecule has 1 fully saturated rings. The van der Waals surface area contributed by atoms with Crippen molar-refractivity contribution in [3.05, 3.63) is 12.3 Å². The van der Waals surface area contributed by atoms with E-state index in [0.717, 1.165) is 44.7 Å². The summed E-state index contributed by atoms with van der Waals surface area (Å²) < 4.78 is 1.95. The molecule has 0 aliphatic carbocycles. The molecule has 2 rings (SSSR count). The van der Waals surface area contributed by atoms with Gasteiger partial charge in [-0.05, 0) is 25.8 Å². The highest BCUT2D eigenvalue weighted by Crippen LogP contribution is 2.25. The van der Waals surface area contributed by atoms with Crippen molar-refractivity contribution in [1.29, 1.82) is 0 Å². The number of nitrogens with two attached hydrogens (primary N) is 1. The zero-order valence-corrected chi connectivity index (χ0v) is 13.1. The minimum absolute atomic E-state index is 0.121. The number of rotatable bonds is 6. The quantitative estimate of drug-likeness (QED) is 0.835. The number of carbonyl (C=O) groups is 1. The number of aromatic nitrogens is 2. The Morgan fingerprint density at radius 3 is 2.81 bits per heavy atom. The van der Waals surface area contributed by atoms with E-state index in [1.54, 1.807) is 6.20 Å². The summed E-state index contributed by atoms with van der Waals surface area (Å²) in [6.45, 7) is 7.49. The Labute approximate surface area is 126 Å². The third-order valence-electron chi connectivity index (χ3n) is 4.21. The smallest absolute Gasteiger partial charge is 0.242 e. The molecule has 3 N–H and O–H groups in total. The second-order valence-electron chi connectivity index (χ2n) is 5.71. The van der Waals surface area contributed by atoms with Crippen LogP contribution < -0.4 is 11.1 Å². The molecule has 0 saturated carbocycles. The van der Waals surface area contributed by atoms with Gasteiger partial charge < -0.3 is 16.0 Å². The number of nitrogens with one attached hydrogen (secondary N) is 1. The van der Waals surface area contributed by atoms with Crippen LogP contribution in [-0.2, 0) is 4.79 Å². The van der Waals surface area contributed by atoms with Crippen molar-refractivity contribution in [3.63, 3.8) is 0 Å². The van der Waals surface area contributed by atoms with Crippen LogP contribution in [0.1, 0.15) is 45.6 Å². The molecule has 0 aromatic carbocycles. The van der Waals surface area contributed by atoms with Crippen LogP contribution in [-0.4, -0.2) is 46.3 Å². The van der Waals surface area contributed by atoms with Gasteiger partial charge in [0.2, 0.25) is 5.91 Å². The van der Waals surface area contributed by atoms with Gasteiger partial charge >= 0.3 is 0 Å².